The number of benzene rings is 3. The summed E-state index contributed by atoms with van der Waals surface area (Å²) in [5.74, 6) is -0.428. The molecular weight excluding hydrogens is 479 g/mol. The quantitative estimate of drug-likeness (QED) is 0.286. The maximum absolute atomic E-state index is 13.8. The number of unbranched alkanes of at least 4 members (excludes halogenated alkanes) is 1. The second-order valence-corrected chi connectivity index (χ2v) is 9.50. The number of carbonyl (C=O) groups excluding carboxylic acids is 2. The molecule has 0 aliphatic carbocycles. The molecule has 0 fully saturated rings. The molecule has 0 radical (unpaired) electrons. The van der Waals surface area contributed by atoms with Crippen LogP contribution in [0.2, 0.25) is 10.0 Å². The largest absolute Gasteiger partial charge is 0.354 e. The predicted molar refractivity (Wildman–Crippen MR) is 144 cm³/mol. The van der Waals surface area contributed by atoms with E-state index in [0.717, 1.165) is 29.5 Å². The minimum absolute atomic E-state index is 0.119. The maximum atomic E-state index is 13.8. The van der Waals surface area contributed by atoms with Crippen LogP contribution < -0.4 is 5.32 Å². The molecule has 0 aliphatic heterocycles. The van der Waals surface area contributed by atoms with Crippen LogP contribution in [0.3, 0.4) is 0 Å². The summed E-state index contributed by atoms with van der Waals surface area (Å²) in [4.78, 5) is 28.4. The number of amides is 2. The lowest BCUT2D eigenvalue weighted by atomic mass is 9.88. The summed E-state index contributed by atoms with van der Waals surface area (Å²) in [7, 11) is 0. The second kappa shape index (κ2) is 13.3. The van der Waals surface area contributed by atoms with Gasteiger partial charge in [0.15, 0.2) is 0 Å². The summed E-state index contributed by atoms with van der Waals surface area (Å²) >= 11 is 12.5. The Balaban J connectivity index is 1.90. The molecule has 6 heteroatoms. The molecule has 0 spiro atoms. The Labute approximate surface area is 218 Å². The van der Waals surface area contributed by atoms with E-state index in [1.165, 1.54) is 0 Å². The molecular formula is C29H32Cl2N2O2. The highest BCUT2D eigenvalue weighted by atomic mass is 35.5. The van der Waals surface area contributed by atoms with E-state index in [1.54, 1.807) is 30.0 Å². The van der Waals surface area contributed by atoms with Crippen LogP contribution in [0.5, 0.6) is 0 Å². The summed E-state index contributed by atoms with van der Waals surface area (Å²) in [5, 5.41) is 3.95. The van der Waals surface area contributed by atoms with E-state index in [4.69, 9.17) is 23.2 Å². The van der Waals surface area contributed by atoms with Gasteiger partial charge in [-0.15, -0.1) is 0 Å². The van der Waals surface area contributed by atoms with Crippen molar-refractivity contribution in [3.63, 3.8) is 0 Å². The average molecular weight is 511 g/mol. The van der Waals surface area contributed by atoms with E-state index in [-0.39, 0.29) is 30.7 Å². The summed E-state index contributed by atoms with van der Waals surface area (Å²) < 4.78 is 0. The van der Waals surface area contributed by atoms with Gasteiger partial charge in [0, 0.05) is 35.5 Å². The fourth-order valence-electron chi connectivity index (χ4n) is 4.04. The van der Waals surface area contributed by atoms with Gasteiger partial charge in [-0.1, -0.05) is 103 Å². The molecule has 1 atom stereocenters. The first kappa shape index (κ1) is 26.8. The molecule has 3 rings (SSSR count). The second-order valence-electron chi connectivity index (χ2n) is 8.66. The molecule has 0 saturated heterocycles. The van der Waals surface area contributed by atoms with Crippen molar-refractivity contribution in [2.75, 3.05) is 6.54 Å². The zero-order valence-electron chi connectivity index (χ0n) is 20.2. The average Bonchev–Trinajstić information content (AvgIpc) is 2.87. The first-order valence-electron chi connectivity index (χ1n) is 12.0. The van der Waals surface area contributed by atoms with Crippen LogP contribution >= 0.6 is 23.2 Å². The molecule has 35 heavy (non-hydrogen) atoms. The molecule has 0 aliphatic rings. The van der Waals surface area contributed by atoms with E-state index < -0.39 is 6.04 Å². The third-order valence-corrected chi connectivity index (χ3v) is 6.72. The molecule has 4 nitrogen and oxygen atoms in total. The fourth-order valence-corrected chi connectivity index (χ4v) is 4.51. The van der Waals surface area contributed by atoms with E-state index in [0.29, 0.717) is 16.6 Å². The van der Waals surface area contributed by atoms with E-state index >= 15 is 0 Å². The van der Waals surface area contributed by atoms with Crippen molar-refractivity contribution < 1.29 is 9.59 Å². The molecule has 3 aromatic rings. The number of nitrogens with zero attached hydrogens (tertiary/aromatic N) is 1. The molecule has 0 bridgehead atoms. The van der Waals surface area contributed by atoms with Gasteiger partial charge in [0.2, 0.25) is 11.8 Å². The van der Waals surface area contributed by atoms with Gasteiger partial charge in [-0.25, -0.2) is 0 Å². The van der Waals surface area contributed by atoms with Crippen LogP contribution in [0.15, 0.2) is 78.9 Å². The summed E-state index contributed by atoms with van der Waals surface area (Å²) in [5.41, 5.74) is 2.85. The minimum atomic E-state index is -0.654. The molecule has 184 valence electrons. The number of carbonyl (C=O) groups is 2. The fraction of sp³-hybridized carbons (Fsp3) is 0.310. The Morgan fingerprint density at radius 2 is 1.51 bits per heavy atom. The Morgan fingerprint density at radius 3 is 2.06 bits per heavy atom. The third-order valence-electron chi connectivity index (χ3n) is 6.14. The summed E-state index contributed by atoms with van der Waals surface area (Å²) in [6.07, 6.45) is 2.10. The number of hydrogen-bond donors (Lipinski definition) is 1. The standard InChI is InChI=1S/C29H32Cl2N2O2/c1-3-4-17-32-29(35)21(2)33(20-24-15-16-25(30)18-27(24)31)28(34)19-26(22-11-7-5-8-12-22)23-13-9-6-10-14-23/h5-16,18,21,26H,3-4,17,19-20H2,1-2H3,(H,32,35)/t21-/m0/s1. The van der Waals surface area contributed by atoms with E-state index in [9.17, 15) is 9.59 Å². The molecule has 0 aromatic heterocycles. The van der Waals surface area contributed by atoms with Crippen molar-refractivity contribution in [2.24, 2.45) is 0 Å². The van der Waals surface area contributed by atoms with Gasteiger partial charge in [-0.3, -0.25) is 9.59 Å². The Morgan fingerprint density at radius 1 is 0.914 bits per heavy atom. The molecule has 3 aromatic carbocycles. The van der Waals surface area contributed by atoms with Crippen LogP contribution in [-0.4, -0.2) is 29.3 Å². The molecule has 0 saturated carbocycles. The Kier molecular flexibility index (Phi) is 10.2. The Bertz CT molecular complexity index is 1070. The maximum Gasteiger partial charge on any atom is 0.242 e. The molecule has 2 amide bonds. The van der Waals surface area contributed by atoms with Gasteiger partial charge in [-0.05, 0) is 42.2 Å². The van der Waals surface area contributed by atoms with Gasteiger partial charge >= 0.3 is 0 Å². The topological polar surface area (TPSA) is 49.4 Å². The third kappa shape index (κ3) is 7.58. The zero-order chi connectivity index (χ0) is 25.2. The van der Waals surface area contributed by atoms with Gasteiger partial charge in [0.05, 0.1) is 0 Å². The number of halogens is 2. The highest BCUT2D eigenvalue weighted by Gasteiger charge is 2.29. The predicted octanol–water partition coefficient (Wildman–Crippen LogP) is 6.85. The van der Waals surface area contributed by atoms with Gasteiger partial charge < -0.3 is 10.2 Å². The van der Waals surface area contributed by atoms with E-state index in [1.807, 2.05) is 60.7 Å². The number of hydrogen-bond acceptors (Lipinski definition) is 2. The van der Waals surface area contributed by atoms with Crippen molar-refractivity contribution in [1.29, 1.82) is 0 Å². The minimum Gasteiger partial charge on any atom is -0.354 e. The monoisotopic (exact) mass is 510 g/mol. The highest BCUT2D eigenvalue weighted by Crippen LogP contribution is 2.30. The van der Waals surface area contributed by atoms with Crippen molar-refractivity contribution in [2.45, 2.75) is 51.6 Å². The van der Waals surface area contributed by atoms with Crippen LogP contribution in [0.4, 0.5) is 0 Å². The lowest BCUT2D eigenvalue weighted by Crippen LogP contribution is -2.48. The van der Waals surface area contributed by atoms with Crippen LogP contribution in [0, 0.1) is 0 Å². The summed E-state index contributed by atoms with van der Waals surface area (Å²) in [6, 6.07) is 24.5. The van der Waals surface area contributed by atoms with Crippen molar-refractivity contribution in [1.82, 2.24) is 10.2 Å². The van der Waals surface area contributed by atoms with Crippen LogP contribution in [0.25, 0.3) is 0 Å². The zero-order valence-corrected chi connectivity index (χ0v) is 21.7. The van der Waals surface area contributed by atoms with Gasteiger partial charge in [0.1, 0.15) is 6.04 Å². The van der Waals surface area contributed by atoms with Crippen molar-refractivity contribution in [3.8, 4) is 0 Å². The van der Waals surface area contributed by atoms with Crippen LogP contribution in [-0.2, 0) is 16.1 Å². The Hall–Kier alpha value is -2.82. The van der Waals surface area contributed by atoms with Crippen molar-refractivity contribution >= 4 is 35.0 Å². The van der Waals surface area contributed by atoms with Gasteiger partial charge in [-0.2, -0.15) is 0 Å². The lowest BCUT2D eigenvalue weighted by Gasteiger charge is -2.31. The lowest BCUT2D eigenvalue weighted by molar-refractivity contribution is -0.140. The first-order valence-corrected chi connectivity index (χ1v) is 12.8. The number of rotatable bonds is 11. The molecule has 1 N–H and O–H groups in total. The normalized spacial score (nSPS) is 11.8. The number of nitrogens with one attached hydrogen (secondary N) is 1. The first-order chi connectivity index (χ1) is 16.9. The SMILES string of the molecule is CCCCNC(=O)[C@H](C)N(Cc1ccc(Cl)cc1Cl)C(=O)CC(c1ccccc1)c1ccccc1. The summed E-state index contributed by atoms with van der Waals surface area (Å²) in [6.45, 7) is 4.64. The highest BCUT2D eigenvalue weighted by molar-refractivity contribution is 6.35. The van der Waals surface area contributed by atoms with Crippen molar-refractivity contribution in [3.05, 3.63) is 106 Å². The van der Waals surface area contributed by atoms with Gasteiger partial charge in [0.25, 0.3) is 0 Å². The molecule has 0 unspecified atom stereocenters. The van der Waals surface area contributed by atoms with E-state index in [2.05, 4.69) is 12.2 Å². The van der Waals surface area contributed by atoms with Crippen LogP contribution in [0.1, 0.15) is 55.7 Å². The molecule has 0 heterocycles. The smallest absolute Gasteiger partial charge is 0.242 e.